The lowest BCUT2D eigenvalue weighted by molar-refractivity contribution is 0.103. The van der Waals surface area contributed by atoms with Crippen molar-refractivity contribution in [2.45, 2.75) is 24.7 Å². The van der Waals surface area contributed by atoms with Crippen LogP contribution in [0.2, 0.25) is 0 Å². The molecule has 0 amide bonds. The number of hydrogen-bond acceptors (Lipinski definition) is 5. The monoisotopic (exact) mass is 346 g/mol. The third kappa shape index (κ3) is 5.01. The smallest absolute Gasteiger partial charge is 0.196 e. The lowest BCUT2D eigenvalue weighted by Crippen LogP contribution is -2.02. The highest BCUT2D eigenvalue weighted by molar-refractivity contribution is 7.99. The molecule has 0 atom stereocenters. The molecule has 128 valence electrons. The van der Waals surface area contributed by atoms with Crippen LogP contribution in [0.15, 0.2) is 47.4 Å². The molecule has 0 bridgehead atoms. The molecule has 0 fully saturated rings. The van der Waals surface area contributed by atoms with Gasteiger partial charge in [0.1, 0.15) is 11.5 Å². The number of aliphatic hydroxyl groups excluding tert-OH is 1. The molecule has 0 unspecified atom stereocenters. The highest BCUT2D eigenvalue weighted by Crippen LogP contribution is 2.27. The molecule has 0 aliphatic heterocycles. The van der Waals surface area contributed by atoms with Gasteiger partial charge < -0.3 is 14.9 Å². The Labute approximate surface area is 146 Å². The van der Waals surface area contributed by atoms with E-state index in [2.05, 4.69) is 6.92 Å². The Morgan fingerprint density at radius 2 is 1.92 bits per heavy atom. The van der Waals surface area contributed by atoms with Gasteiger partial charge in [-0.2, -0.15) is 0 Å². The van der Waals surface area contributed by atoms with E-state index in [4.69, 9.17) is 9.84 Å². The summed E-state index contributed by atoms with van der Waals surface area (Å²) in [5.74, 6) is 0.875. The molecule has 0 aromatic heterocycles. The van der Waals surface area contributed by atoms with Crippen LogP contribution in [0.1, 0.15) is 35.7 Å². The number of phenols is 1. The average molecular weight is 346 g/mol. The number of carbonyl (C=O) groups excluding carboxylic acids is 1. The Hall–Kier alpha value is -1.98. The second-order valence-electron chi connectivity index (χ2n) is 5.31. The van der Waals surface area contributed by atoms with E-state index in [0.29, 0.717) is 23.7 Å². The number of ketones is 1. The predicted octanol–water partition coefficient (Wildman–Crippen LogP) is 3.89. The molecule has 0 aliphatic carbocycles. The molecule has 5 heteroatoms. The van der Waals surface area contributed by atoms with Gasteiger partial charge in [-0.25, -0.2) is 0 Å². The van der Waals surface area contributed by atoms with E-state index in [0.717, 1.165) is 17.7 Å². The van der Waals surface area contributed by atoms with Crippen LogP contribution in [0, 0.1) is 0 Å². The summed E-state index contributed by atoms with van der Waals surface area (Å²) in [6.07, 6.45) is 1.98. The summed E-state index contributed by atoms with van der Waals surface area (Å²) in [4.78, 5) is 13.5. The van der Waals surface area contributed by atoms with E-state index in [-0.39, 0.29) is 23.7 Å². The van der Waals surface area contributed by atoms with Crippen LogP contribution in [0.4, 0.5) is 0 Å². The maximum atomic E-state index is 12.5. The van der Waals surface area contributed by atoms with Crippen molar-refractivity contribution in [3.05, 3.63) is 53.6 Å². The van der Waals surface area contributed by atoms with Crippen LogP contribution in [0.3, 0.4) is 0 Å². The molecule has 2 rings (SSSR count). The number of hydrogen-bond donors (Lipinski definition) is 2. The maximum absolute atomic E-state index is 12.5. The third-order valence-corrected chi connectivity index (χ3v) is 4.45. The fourth-order valence-electron chi connectivity index (χ4n) is 2.15. The number of phenolic OH excluding ortho intramolecular Hbond substituents is 1. The highest BCUT2D eigenvalue weighted by Gasteiger charge is 2.14. The van der Waals surface area contributed by atoms with Gasteiger partial charge in [0.25, 0.3) is 0 Å². The van der Waals surface area contributed by atoms with Crippen molar-refractivity contribution >= 4 is 17.5 Å². The largest absolute Gasteiger partial charge is 0.507 e. The summed E-state index contributed by atoms with van der Waals surface area (Å²) in [6, 6.07) is 11.9. The second kappa shape index (κ2) is 9.35. The van der Waals surface area contributed by atoms with Crippen molar-refractivity contribution in [1.82, 2.24) is 0 Å². The van der Waals surface area contributed by atoms with Crippen LogP contribution < -0.4 is 4.74 Å². The van der Waals surface area contributed by atoms with Gasteiger partial charge in [-0.05, 0) is 42.8 Å². The summed E-state index contributed by atoms with van der Waals surface area (Å²) in [6.45, 7) is 2.79. The van der Waals surface area contributed by atoms with Gasteiger partial charge in [0.05, 0.1) is 18.8 Å². The summed E-state index contributed by atoms with van der Waals surface area (Å²) in [7, 11) is 0. The van der Waals surface area contributed by atoms with E-state index < -0.39 is 0 Å². The third-order valence-electron chi connectivity index (χ3n) is 3.46. The molecular formula is C19H22O4S. The number of aliphatic hydroxyl groups is 1. The van der Waals surface area contributed by atoms with Crippen LogP contribution in [0.25, 0.3) is 0 Å². The molecular weight excluding hydrogens is 324 g/mol. The number of benzene rings is 2. The first kappa shape index (κ1) is 18.4. The Morgan fingerprint density at radius 3 is 2.54 bits per heavy atom. The van der Waals surface area contributed by atoms with Gasteiger partial charge in [0.2, 0.25) is 0 Å². The molecule has 2 aromatic rings. The van der Waals surface area contributed by atoms with Crippen LogP contribution >= 0.6 is 11.8 Å². The minimum atomic E-state index is -0.230. The highest BCUT2D eigenvalue weighted by atomic mass is 32.2. The minimum absolute atomic E-state index is 0.0762. The Kier molecular flexibility index (Phi) is 7.15. The van der Waals surface area contributed by atoms with E-state index in [1.807, 2.05) is 12.1 Å². The zero-order chi connectivity index (χ0) is 17.4. The number of unbranched alkanes of at least 4 members (excludes halogenated alkanes) is 1. The van der Waals surface area contributed by atoms with Crippen molar-refractivity contribution in [1.29, 1.82) is 0 Å². The first-order chi connectivity index (χ1) is 11.7. The molecule has 0 heterocycles. The average Bonchev–Trinajstić information content (AvgIpc) is 2.60. The number of thioether (sulfide) groups is 1. The maximum Gasteiger partial charge on any atom is 0.196 e. The van der Waals surface area contributed by atoms with Gasteiger partial charge in [-0.1, -0.05) is 13.3 Å². The zero-order valence-corrected chi connectivity index (χ0v) is 14.5. The molecule has 0 saturated heterocycles. The molecule has 0 aliphatic rings. The van der Waals surface area contributed by atoms with Crippen LogP contribution in [-0.4, -0.2) is 35.0 Å². The Morgan fingerprint density at radius 1 is 1.17 bits per heavy atom. The normalized spacial score (nSPS) is 10.6. The molecule has 4 nitrogen and oxygen atoms in total. The van der Waals surface area contributed by atoms with Crippen molar-refractivity contribution in [2.24, 2.45) is 0 Å². The quantitative estimate of drug-likeness (QED) is 0.410. The minimum Gasteiger partial charge on any atom is -0.507 e. The Balaban J connectivity index is 2.08. The summed E-state index contributed by atoms with van der Waals surface area (Å²) < 4.78 is 5.53. The van der Waals surface area contributed by atoms with Crippen LogP contribution in [-0.2, 0) is 0 Å². The number of rotatable bonds is 9. The molecule has 2 aromatic carbocycles. The van der Waals surface area contributed by atoms with Crippen molar-refractivity contribution in [3.63, 3.8) is 0 Å². The second-order valence-corrected chi connectivity index (χ2v) is 6.47. The molecule has 24 heavy (non-hydrogen) atoms. The van der Waals surface area contributed by atoms with E-state index in [1.54, 1.807) is 24.3 Å². The first-order valence-electron chi connectivity index (χ1n) is 8.00. The summed E-state index contributed by atoms with van der Waals surface area (Å²) in [5, 5.41) is 18.9. The molecule has 0 radical (unpaired) electrons. The SMILES string of the molecule is CCCCOc1ccc(C(=O)c2ccc(SCCO)cc2)c(O)c1. The van der Waals surface area contributed by atoms with E-state index in [9.17, 15) is 9.90 Å². The van der Waals surface area contributed by atoms with Gasteiger partial charge in [0, 0.05) is 22.3 Å². The first-order valence-corrected chi connectivity index (χ1v) is 8.98. The van der Waals surface area contributed by atoms with Gasteiger partial charge in [-0.3, -0.25) is 4.79 Å². The zero-order valence-electron chi connectivity index (χ0n) is 13.7. The van der Waals surface area contributed by atoms with Gasteiger partial charge >= 0.3 is 0 Å². The molecule has 0 spiro atoms. The number of ether oxygens (including phenoxy) is 1. The summed E-state index contributed by atoms with van der Waals surface area (Å²) >= 11 is 1.52. The van der Waals surface area contributed by atoms with Crippen molar-refractivity contribution < 1.29 is 19.7 Å². The number of carbonyl (C=O) groups is 1. The summed E-state index contributed by atoms with van der Waals surface area (Å²) in [5.41, 5.74) is 0.770. The van der Waals surface area contributed by atoms with E-state index >= 15 is 0 Å². The van der Waals surface area contributed by atoms with Crippen molar-refractivity contribution in [3.8, 4) is 11.5 Å². The van der Waals surface area contributed by atoms with Gasteiger partial charge in [0.15, 0.2) is 5.78 Å². The fraction of sp³-hybridized carbons (Fsp3) is 0.316. The topological polar surface area (TPSA) is 66.8 Å². The number of aromatic hydroxyl groups is 1. The molecule has 2 N–H and O–H groups in total. The predicted molar refractivity (Wildman–Crippen MR) is 96.2 cm³/mol. The fourth-order valence-corrected chi connectivity index (χ4v) is 2.80. The molecule has 0 saturated carbocycles. The van der Waals surface area contributed by atoms with Gasteiger partial charge in [-0.15, -0.1) is 11.8 Å². The van der Waals surface area contributed by atoms with E-state index in [1.165, 1.54) is 17.8 Å². The lowest BCUT2D eigenvalue weighted by Gasteiger charge is -2.09. The standard InChI is InChI=1S/C19H22O4S/c1-2-3-11-23-15-6-9-17(18(21)13-15)19(22)14-4-7-16(8-5-14)24-12-10-20/h4-9,13,20-21H,2-3,10-12H2,1H3. The van der Waals surface area contributed by atoms with Crippen molar-refractivity contribution in [2.75, 3.05) is 19.0 Å². The Bertz CT molecular complexity index is 668. The lowest BCUT2D eigenvalue weighted by atomic mass is 10.0. The van der Waals surface area contributed by atoms with Crippen LogP contribution in [0.5, 0.6) is 11.5 Å².